The van der Waals surface area contributed by atoms with Crippen molar-refractivity contribution < 1.29 is 49.2 Å². The maximum Gasteiger partial charge on any atom is 0.335 e. The third kappa shape index (κ3) is 16.8. The fraction of sp³-hybridized carbons (Fsp3) is 0.100. The number of carbonyl (C=O) groups excluding carboxylic acids is 2. The summed E-state index contributed by atoms with van der Waals surface area (Å²) in [6, 6.07) is 33.4. The van der Waals surface area contributed by atoms with E-state index in [1.54, 1.807) is 24.3 Å². The third-order valence-corrected chi connectivity index (χ3v) is 6.40. The summed E-state index contributed by atoms with van der Waals surface area (Å²) in [7, 11) is 0. The Kier molecular flexibility index (Phi) is 18.2. The van der Waals surface area contributed by atoms with Crippen LogP contribution in [0.4, 0.5) is 0 Å². The van der Waals surface area contributed by atoms with Crippen molar-refractivity contribution in [3.8, 4) is 0 Å². The number of rotatable bonds is 6. The number of carboxylic acids is 4. The van der Waals surface area contributed by atoms with Gasteiger partial charge in [-0.15, -0.1) is 0 Å². The second-order valence-corrected chi connectivity index (χ2v) is 10.6. The Morgan fingerprint density at radius 1 is 0.340 bits per heavy atom. The van der Waals surface area contributed by atoms with Crippen LogP contribution in [0.5, 0.6) is 0 Å². The van der Waals surface area contributed by atoms with Crippen molar-refractivity contribution in [2.75, 3.05) is 0 Å². The Balaban J connectivity index is 0.000000314. The zero-order valence-electron chi connectivity index (χ0n) is 27.9. The summed E-state index contributed by atoms with van der Waals surface area (Å²) in [5.74, 6) is -3.98. The number of hydrogen-bond donors (Lipinski definition) is 4. The lowest BCUT2D eigenvalue weighted by atomic mass is 10.1. The predicted octanol–water partition coefficient (Wildman–Crippen LogP) is 8.08. The second-order valence-electron chi connectivity index (χ2n) is 10.6. The Hall–Kier alpha value is -6.68. The quantitative estimate of drug-likeness (QED) is 0.128. The van der Waals surface area contributed by atoms with Crippen molar-refractivity contribution in [1.82, 2.24) is 0 Å². The minimum Gasteiger partial charge on any atom is -0.478 e. The molecule has 10 heteroatoms. The first kappa shape index (κ1) is 41.3. The highest BCUT2D eigenvalue weighted by Crippen LogP contribution is 2.05. The molecule has 5 aromatic rings. The molecule has 0 aliphatic rings. The van der Waals surface area contributed by atoms with Crippen LogP contribution in [0.1, 0.15) is 84.4 Å². The van der Waals surface area contributed by atoms with E-state index in [4.69, 9.17) is 20.4 Å². The van der Waals surface area contributed by atoms with Gasteiger partial charge in [-0.3, -0.25) is 9.59 Å². The van der Waals surface area contributed by atoms with Gasteiger partial charge in [-0.1, -0.05) is 95.1 Å². The van der Waals surface area contributed by atoms with Crippen LogP contribution in [0.25, 0.3) is 0 Å². The van der Waals surface area contributed by atoms with Gasteiger partial charge < -0.3 is 20.4 Å². The summed E-state index contributed by atoms with van der Waals surface area (Å²) in [4.78, 5) is 61.6. The van der Waals surface area contributed by atoms with Crippen LogP contribution in [0.15, 0.2) is 121 Å². The van der Waals surface area contributed by atoms with Gasteiger partial charge in [-0.2, -0.15) is 0 Å². The fourth-order valence-corrected chi connectivity index (χ4v) is 3.44. The van der Waals surface area contributed by atoms with E-state index in [0.717, 1.165) is 17.4 Å². The summed E-state index contributed by atoms with van der Waals surface area (Å²) in [5, 5.41) is 33.9. The molecule has 0 fully saturated rings. The van der Waals surface area contributed by atoms with Crippen LogP contribution in [-0.2, 0) is 0 Å². The zero-order valence-corrected chi connectivity index (χ0v) is 27.9. The maximum absolute atomic E-state index is 10.3. The summed E-state index contributed by atoms with van der Waals surface area (Å²) in [5.41, 5.74) is 6.83. The smallest absolute Gasteiger partial charge is 0.335 e. The summed E-state index contributed by atoms with van der Waals surface area (Å²) < 4.78 is 0. The molecule has 0 aromatic heterocycles. The number of aldehydes is 2. The lowest BCUT2D eigenvalue weighted by Gasteiger charge is -1.94. The summed E-state index contributed by atoms with van der Waals surface area (Å²) >= 11 is 0. The lowest BCUT2D eigenvalue weighted by Crippen LogP contribution is -1.99. The predicted molar refractivity (Wildman–Crippen MR) is 190 cm³/mol. The monoisotopic (exact) mass is 678 g/mol. The average Bonchev–Trinajstić information content (AvgIpc) is 3.11. The molecule has 0 saturated heterocycles. The molecule has 0 atom stereocenters. The number of aryl methyl sites for hydroxylation is 4. The highest BCUT2D eigenvalue weighted by molar-refractivity contribution is 5.91. The first-order valence-electron chi connectivity index (χ1n) is 14.9. The molecule has 258 valence electrons. The zero-order chi connectivity index (χ0) is 37.6. The van der Waals surface area contributed by atoms with Gasteiger partial charge in [-0.25, -0.2) is 19.2 Å². The van der Waals surface area contributed by atoms with Gasteiger partial charge in [0, 0.05) is 11.1 Å². The molecule has 0 spiro atoms. The highest BCUT2D eigenvalue weighted by Gasteiger charge is 2.05. The second kappa shape index (κ2) is 22.0. The summed E-state index contributed by atoms with van der Waals surface area (Å²) in [6.07, 6.45) is 1.52. The van der Waals surface area contributed by atoms with Crippen molar-refractivity contribution in [2.24, 2.45) is 0 Å². The van der Waals surface area contributed by atoms with Crippen LogP contribution in [0.3, 0.4) is 0 Å². The molecule has 0 bridgehead atoms. The minimum absolute atomic E-state index is 0.0833. The molecular formula is C40H38O10. The molecule has 4 N–H and O–H groups in total. The van der Waals surface area contributed by atoms with E-state index < -0.39 is 23.9 Å². The van der Waals surface area contributed by atoms with Crippen LogP contribution in [0, 0.1) is 27.7 Å². The molecule has 0 heterocycles. The SMILES string of the molecule is Cc1ccc(C(=O)O)cc1.Cc1ccc(C)cc1.Cc1ccc(C=O)cc1.O=C(O)c1ccc(C(=O)O)cc1.O=Cc1ccc(C(=O)O)cc1. The van der Waals surface area contributed by atoms with E-state index in [1.165, 1.54) is 65.2 Å². The molecule has 0 amide bonds. The molecule has 0 aliphatic carbocycles. The minimum atomic E-state index is -1.06. The van der Waals surface area contributed by atoms with Crippen LogP contribution < -0.4 is 0 Å². The van der Waals surface area contributed by atoms with Crippen LogP contribution >= 0.6 is 0 Å². The van der Waals surface area contributed by atoms with Gasteiger partial charge >= 0.3 is 23.9 Å². The van der Waals surface area contributed by atoms with E-state index in [9.17, 15) is 28.8 Å². The average molecular weight is 679 g/mol. The van der Waals surface area contributed by atoms with Crippen molar-refractivity contribution >= 4 is 36.4 Å². The molecular weight excluding hydrogens is 640 g/mol. The van der Waals surface area contributed by atoms with Gasteiger partial charge in [0.15, 0.2) is 0 Å². The van der Waals surface area contributed by atoms with Gasteiger partial charge in [0.1, 0.15) is 12.6 Å². The molecule has 0 saturated carbocycles. The molecule has 50 heavy (non-hydrogen) atoms. The first-order valence-corrected chi connectivity index (χ1v) is 14.9. The maximum atomic E-state index is 10.3. The molecule has 0 radical (unpaired) electrons. The lowest BCUT2D eigenvalue weighted by molar-refractivity contribution is 0.0681. The number of carboxylic acid groups (broad SMARTS) is 4. The Bertz CT molecular complexity index is 1770. The molecule has 5 rings (SSSR count). The van der Waals surface area contributed by atoms with E-state index in [1.807, 2.05) is 38.1 Å². The number of hydrogen-bond acceptors (Lipinski definition) is 6. The van der Waals surface area contributed by atoms with Gasteiger partial charge in [-0.05, 0) is 76.2 Å². The van der Waals surface area contributed by atoms with Gasteiger partial charge in [0.25, 0.3) is 0 Å². The van der Waals surface area contributed by atoms with Gasteiger partial charge in [0.05, 0.1) is 22.3 Å². The largest absolute Gasteiger partial charge is 0.478 e. The third-order valence-electron chi connectivity index (χ3n) is 6.40. The van der Waals surface area contributed by atoms with Crippen molar-refractivity contribution in [2.45, 2.75) is 27.7 Å². The number of benzene rings is 5. The molecule has 0 unspecified atom stereocenters. The highest BCUT2D eigenvalue weighted by atomic mass is 16.4. The van der Waals surface area contributed by atoms with Crippen LogP contribution in [0.2, 0.25) is 0 Å². The summed E-state index contributed by atoms with van der Waals surface area (Å²) in [6.45, 7) is 8.11. The topological polar surface area (TPSA) is 183 Å². The van der Waals surface area contributed by atoms with E-state index in [0.29, 0.717) is 17.4 Å². The molecule has 10 nitrogen and oxygen atoms in total. The Morgan fingerprint density at radius 2 is 0.500 bits per heavy atom. The van der Waals surface area contributed by atoms with E-state index in [2.05, 4.69) is 38.1 Å². The fourth-order valence-electron chi connectivity index (χ4n) is 3.44. The van der Waals surface area contributed by atoms with Gasteiger partial charge in [0.2, 0.25) is 0 Å². The van der Waals surface area contributed by atoms with E-state index >= 15 is 0 Å². The number of carbonyl (C=O) groups is 6. The first-order chi connectivity index (χ1) is 23.7. The molecule has 0 aliphatic heterocycles. The Morgan fingerprint density at radius 3 is 0.720 bits per heavy atom. The normalized spacial score (nSPS) is 9.20. The Labute approximate surface area is 289 Å². The van der Waals surface area contributed by atoms with Crippen LogP contribution in [-0.4, -0.2) is 56.9 Å². The number of aromatic carboxylic acids is 4. The van der Waals surface area contributed by atoms with Crippen molar-refractivity contribution in [3.63, 3.8) is 0 Å². The van der Waals surface area contributed by atoms with Crippen molar-refractivity contribution in [1.29, 1.82) is 0 Å². The molecule has 5 aromatic carbocycles. The van der Waals surface area contributed by atoms with Crippen molar-refractivity contribution in [3.05, 3.63) is 177 Å². The standard InChI is InChI=1S/C8H6O4.C8H6O3.C8H8O2.C8H8O.C8H10/c9-7(10)5-1-2-6(4-3-5)8(11)12;9-5-6-1-3-7(4-2-6)8(10)11;1-6-2-4-7(5-3-6)8(9)10;1-7-2-4-8(6-9)5-3-7;1-7-3-5-8(2)6-4-7/h1-4H,(H,9,10)(H,11,12);1-5H,(H,10,11);2-5H,1H3,(H,9,10);2-6H,1H3;3-6H,1-2H3. The van der Waals surface area contributed by atoms with E-state index in [-0.39, 0.29) is 16.7 Å².